The summed E-state index contributed by atoms with van der Waals surface area (Å²) in [6.07, 6.45) is -4.33. The maximum atomic E-state index is 14.2. The molecule has 4 amide bonds. The summed E-state index contributed by atoms with van der Waals surface area (Å²) in [4.78, 5) is 42.1. The van der Waals surface area contributed by atoms with Crippen LogP contribution in [0.25, 0.3) is 0 Å². The van der Waals surface area contributed by atoms with E-state index in [2.05, 4.69) is 4.98 Å². The Morgan fingerprint density at radius 3 is 2.39 bits per heavy atom. The molecule has 0 radical (unpaired) electrons. The van der Waals surface area contributed by atoms with Crippen LogP contribution in [-0.2, 0) is 11.0 Å². The number of hydrogen-bond acceptors (Lipinski definition) is 5. The van der Waals surface area contributed by atoms with E-state index in [4.69, 9.17) is 11.0 Å². The lowest BCUT2D eigenvalue weighted by atomic mass is 10.0. The molecule has 8 nitrogen and oxygen atoms in total. The molecule has 1 fully saturated rings. The number of carbonyl (C=O) groups is 3. The Labute approximate surface area is 172 Å². The molecule has 1 aromatic heterocycles. The SMILES string of the molecule is CC1(C)C(=O)N(c2cc(C(F)(F)F)c(C#N)cn2)C(=O)N1c1ccc(C(N)=O)c(F)c1. The second kappa shape index (κ2) is 7.05. The fourth-order valence-corrected chi connectivity index (χ4v) is 3.16. The van der Waals surface area contributed by atoms with E-state index in [1.165, 1.54) is 26.0 Å². The first-order valence-electron chi connectivity index (χ1n) is 8.56. The van der Waals surface area contributed by atoms with E-state index in [1.54, 1.807) is 0 Å². The molecule has 1 aliphatic rings. The predicted octanol–water partition coefficient (Wildman–Crippen LogP) is 2.96. The van der Waals surface area contributed by atoms with Crippen LogP contribution in [-0.4, -0.2) is 28.4 Å². The molecule has 160 valence electrons. The zero-order valence-corrected chi connectivity index (χ0v) is 16.0. The third kappa shape index (κ3) is 3.43. The molecular weight excluding hydrogens is 422 g/mol. The highest BCUT2D eigenvalue weighted by molar-refractivity contribution is 6.29. The minimum absolute atomic E-state index is 0.127. The average molecular weight is 435 g/mol. The van der Waals surface area contributed by atoms with Crippen molar-refractivity contribution in [3.05, 3.63) is 53.0 Å². The fraction of sp³-hybridized carbons (Fsp3) is 0.211. The third-order valence-corrected chi connectivity index (χ3v) is 4.69. The van der Waals surface area contributed by atoms with Crippen LogP contribution in [0.2, 0.25) is 0 Å². The average Bonchev–Trinajstić information content (AvgIpc) is 2.84. The molecule has 2 aromatic rings. The number of nitriles is 1. The molecule has 1 saturated heterocycles. The Kier molecular flexibility index (Phi) is 4.93. The third-order valence-electron chi connectivity index (χ3n) is 4.69. The molecule has 0 saturated carbocycles. The molecule has 0 aliphatic carbocycles. The van der Waals surface area contributed by atoms with Crippen molar-refractivity contribution in [3.8, 4) is 6.07 Å². The number of alkyl halides is 3. The van der Waals surface area contributed by atoms with Gasteiger partial charge in [0.05, 0.1) is 16.7 Å². The molecule has 0 spiro atoms. The van der Waals surface area contributed by atoms with Crippen molar-refractivity contribution in [1.29, 1.82) is 5.26 Å². The maximum absolute atomic E-state index is 14.2. The maximum Gasteiger partial charge on any atom is 0.417 e. The van der Waals surface area contributed by atoms with E-state index in [0.29, 0.717) is 17.2 Å². The van der Waals surface area contributed by atoms with Crippen LogP contribution in [0.4, 0.5) is 33.9 Å². The van der Waals surface area contributed by atoms with Crippen LogP contribution < -0.4 is 15.5 Å². The molecule has 31 heavy (non-hydrogen) atoms. The van der Waals surface area contributed by atoms with Gasteiger partial charge in [0.2, 0.25) is 0 Å². The summed E-state index contributed by atoms with van der Waals surface area (Å²) in [6, 6.07) is 3.69. The number of pyridine rings is 1. The molecule has 2 heterocycles. The van der Waals surface area contributed by atoms with Crippen molar-refractivity contribution < 1.29 is 31.9 Å². The number of aromatic nitrogens is 1. The number of anilines is 2. The minimum Gasteiger partial charge on any atom is -0.366 e. The number of amides is 4. The quantitative estimate of drug-likeness (QED) is 0.587. The number of imide groups is 1. The number of benzene rings is 1. The summed E-state index contributed by atoms with van der Waals surface area (Å²) in [7, 11) is 0. The predicted molar refractivity (Wildman–Crippen MR) is 98.3 cm³/mol. The number of primary amides is 1. The Morgan fingerprint density at radius 2 is 1.87 bits per heavy atom. The highest BCUT2D eigenvalue weighted by Gasteiger charge is 2.53. The lowest BCUT2D eigenvalue weighted by Crippen LogP contribution is -2.44. The summed E-state index contributed by atoms with van der Waals surface area (Å²) >= 11 is 0. The van der Waals surface area contributed by atoms with Gasteiger partial charge in [0, 0.05) is 11.9 Å². The number of hydrogen-bond donors (Lipinski definition) is 1. The fourth-order valence-electron chi connectivity index (χ4n) is 3.16. The molecule has 3 rings (SSSR count). The van der Waals surface area contributed by atoms with Crippen LogP contribution in [0.1, 0.15) is 35.3 Å². The summed E-state index contributed by atoms with van der Waals surface area (Å²) < 4.78 is 54.1. The molecule has 0 atom stereocenters. The van der Waals surface area contributed by atoms with Gasteiger partial charge in [-0.2, -0.15) is 18.4 Å². The van der Waals surface area contributed by atoms with E-state index in [9.17, 15) is 31.9 Å². The van der Waals surface area contributed by atoms with Gasteiger partial charge in [-0.15, -0.1) is 0 Å². The number of rotatable bonds is 3. The van der Waals surface area contributed by atoms with Crippen LogP contribution >= 0.6 is 0 Å². The molecular formula is C19H13F4N5O3. The zero-order valence-electron chi connectivity index (χ0n) is 16.0. The van der Waals surface area contributed by atoms with Crippen LogP contribution in [0, 0.1) is 17.1 Å². The van der Waals surface area contributed by atoms with Gasteiger partial charge in [0.1, 0.15) is 23.2 Å². The first kappa shape index (κ1) is 21.7. The summed E-state index contributed by atoms with van der Waals surface area (Å²) in [6.45, 7) is 2.61. The van der Waals surface area contributed by atoms with Crippen molar-refractivity contribution in [2.45, 2.75) is 25.6 Å². The van der Waals surface area contributed by atoms with E-state index >= 15 is 0 Å². The number of urea groups is 1. The molecule has 1 aromatic carbocycles. The van der Waals surface area contributed by atoms with Gasteiger partial charge in [-0.25, -0.2) is 19.1 Å². The van der Waals surface area contributed by atoms with Gasteiger partial charge in [0.15, 0.2) is 0 Å². The van der Waals surface area contributed by atoms with Gasteiger partial charge in [-0.1, -0.05) is 0 Å². The highest BCUT2D eigenvalue weighted by atomic mass is 19.4. The summed E-state index contributed by atoms with van der Waals surface area (Å²) in [5.74, 6) is -3.67. The smallest absolute Gasteiger partial charge is 0.366 e. The number of nitrogens with zero attached hydrogens (tertiary/aromatic N) is 4. The van der Waals surface area contributed by atoms with Crippen molar-refractivity contribution in [3.63, 3.8) is 0 Å². The Bertz CT molecular complexity index is 1170. The number of halogens is 4. The molecule has 12 heteroatoms. The normalized spacial score (nSPS) is 15.9. The first-order valence-corrected chi connectivity index (χ1v) is 8.56. The van der Waals surface area contributed by atoms with Crippen molar-refractivity contribution >= 4 is 29.4 Å². The van der Waals surface area contributed by atoms with Crippen LogP contribution in [0.5, 0.6) is 0 Å². The van der Waals surface area contributed by atoms with Crippen molar-refractivity contribution in [2.75, 3.05) is 9.80 Å². The monoisotopic (exact) mass is 435 g/mol. The van der Waals surface area contributed by atoms with Gasteiger partial charge < -0.3 is 5.73 Å². The zero-order chi connectivity index (χ0) is 23.3. The second-order valence-corrected chi connectivity index (χ2v) is 7.04. The van der Waals surface area contributed by atoms with E-state index in [-0.39, 0.29) is 5.69 Å². The molecule has 0 unspecified atom stereocenters. The summed E-state index contributed by atoms with van der Waals surface area (Å²) in [5.41, 5.74) is 0.694. The molecule has 1 aliphatic heterocycles. The van der Waals surface area contributed by atoms with Gasteiger partial charge in [-0.3, -0.25) is 14.5 Å². The standard InChI is InChI=1S/C19H13F4N5O3/c1-18(2)16(30)27(14-6-12(19(21,22)23)9(7-24)8-26-14)17(31)28(18)10-3-4-11(15(25)29)13(20)5-10/h3-6,8H,1-2H3,(H2,25,29). The van der Waals surface area contributed by atoms with Crippen LogP contribution in [0.3, 0.4) is 0 Å². The van der Waals surface area contributed by atoms with Crippen molar-refractivity contribution in [2.24, 2.45) is 5.73 Å². The Morgan fingerprint density at radius 1 is 1.23 bits per heavy atom. The highest BCUT2D eigenvalue weighted by Crippen LogP contribution is 2.38. The van der Waals surface area contributed by atoms with E-state index in [0.717, 1.165) is 17.0 Å². The van der Waals surface area contributed by atoms with Crippen LogP contribution in [0.15, 0.2) is 30.5 Å². The number of carbonyl (C=O) groups excluding carboxylic acids is 3. The van der Waals surface area contributed by atoms with Crippen molar-refractivity contribution in [1.82, 2.24) is 4.98 Å². The largest absolute Gasteiger partial charge is 0.417 e. The van der Waals surface area contributed by atoms with Gasteiger partial charge in [0.25, 0.3) is 11.8 Å². The van der Waals surface area contributed by atoms with Gasteiger partial charge >= 0.3 is 12.2 Å². The Balaban J connectivity index is 2.12. The number of nitrogens with two attached hydrogens (primary N) is 1. The minimum atomic E-state index is -4.93. The molecule has 0 bridgehead atoms. The second-order valence-electron chi connectivity index (χ2n) is 7.04. The lowest BCUT2D eigenvalue weighted by Gasteiger charge is -2.27. The summed E-state index contributed by atoms with van der Waals surface area (Å²) in [5, 5.41) is 8.89. The molecule has 2 N–H and O–H groups in total. The lowest BCUT2D eigenvalue weighted by molar-refractivity contribution is -0.137. The topological polar surface area (TPSA) is 120 Å². The first-order chi connectivity index (χ1) is 14.3. The van der Waals surface area contributed by atoms with Gasteiger partial charge in [-0.05, 0) is 38.1 Å². The van der Waals surface area contributed by atoms with E-state index < -0.39 is 57.9 Å². The van der Waals surface area contributed by atoms with E-state index in [1.807, 2.05) is 0 Å². The Hall–Kier alpha value is -4.01.